The molecule has 1 aliphatic heterocycles. The molecule has 2 aliphatic rings. The van der Waals surface area contributed by atoms with Crippen molar-refractivity contribution in [2.45, 2.75) is 32.7 Å². The molecule has 5 heteroatoms. The van der Waals surface area contributed by atoms with Gasteiger partial charge in [0.1, 0.15) is 11.8 Å². The highest BCUT2D eigenvalue weighted by Gasteiger charge is 2.40. The highest BCUT2D eigenvalue weighted by molar-refractivity contribution is 6.00. The monoisotopic (exact) mass is 302 g/mol. The topological polar surface area (TPSA) is 49.9 Å². The van der Waals surface area contributed by atoms with Gasteiger partial charge in [0.2, 0.25) is 11.8 Å². The van der Waals surface area contributed by atoms with Crippen LogP contribution in [0.3, 0.4) is 0 Å². The molecule has 0 aromatic heterocycles. The molecule has 3 rings (SSSR count). The molecule has 2 amide bonds. The van der Waals surface area contributed by atoms with E-state index in [2.05, 4.69) is 0 Å². The molecule has 1 saturated heterocycles. The molecule has 1 aromatic rings. The van der Waals surface area contributed by atoms with Crippen molar-refractivity contribution in [3.63, 3.8) is 0 Å². The molecule has 5 nitrogen and oxygen atoms in total. The van der Waals surface area contributed by atoms with Crippen LogP contribution >= 0.6 is 0 Å². The van der Waals surface area contributed by atoms with Crippen LogP contribution in [0.25, 0.3) is 0 Å². The SMILES string of the molecule is CCOc1cccc(N2CCN(C(=O)C3CC3)C(C)C2=O)c1. The zero-order valence-corrected chi connectivity index (χ0v) is 13.1. The molecular weight excluding hydrogens is 280 g/mol. The number of piperazine rings is 1. The number of carbonyl (C=O) groups is 2. The molecule has 0 bridgehead atoms. The van der Waals surface area contributed by atoms with E-state index in [9.17, 15) is 9.59 Å². The number of anilines is 1. The summed E-state index contributed by atoms with van der Waals surface area (Å²) in [5, 5.41) is 0. The highest BCUT2D eigenvalue weighted by Crippen LogP contribution is 2.33. The smallest absolute Gasteiger partial charge is 0.249 e. The Hall–Kier alpha value is -2.04. The molecule has 1 atom stereocenters. The van der Waals surface area contributed by atoms with Crippen molar-refractivity contribution in [3.8, 4) is 5.75 Å². The zero-order chi connectivity index (χ0) is 15.7. The third-order valence-electron chi connectivity index (χ3n) is 4.31. The molecule has 0 N–H and O–H groups in total. The van der Waals surface area contributed by atoms with Crippen molar-refractivity contribution in [1.82, 2.24) is 4.90 Å². The number of hydrogen-bond donors (Lipinski definition) is 0. The van der Waals surface area contributed by atoms with E-state index in [0.717, 1.165) is 24.3 Å². The first kappa shape index (κ1) is 14.9. The van der Waals surface area contributed by atoms with Gasteiger partial charge in [-0.1, -0.05) is 6.07 Å². The molecule has 22 heavy (non-hydrogen) atoms. The Bertz CT molecular complexity index is 583. The molecule has 1 aromatic carbocycles. The largest absolute Gasteiger partial charge is 0.494 e. The molecule has 1 heterocycles. The summed E-state index contributed by atoms with van der Waals surface area (Å²) in [7, 11) is 0. The maximum atomic E-state index is 12.6. The molecular formula is C17H22N2O3. The molecule has 0 spiro atoms. The average Bonchev–Trinajstić information content (AvgIpc) is 3.35. The van der Waals surface area contributed by atoms with Gasteiger partial charge in [0.25, 0.3) is 0 Å². The lowest BCUT2D eigenvalue weighted by atomic mass is 10.1. The van der Waals surface area contributed by atoms with Crippen LogP contribution in [0.4, 0.5) is 5.69 Å². The summed E-state index contributed by atoms with van der Waals surface area (Å²) in [4.78, 5) is 28.4. The number of carbonyl (C=O) groups excluding carboxylic acids is 2. The second kappa shape index (κ2) is 5.99. The van der Waals surface area contributed by atoms with Crippen LogP contribution in [0.2, 0.25) is 0 Å². The Kier molecular flexibility index (Phi) is 4.05. The second-order valence-corrected chi connectivity index (χ2v) is 5.90. The third kappa shape index (κ3) is 2.80. The van der Waals surface area contributed by atoms with Crippen LogP contribution in [-0.4, -0.2) is 42.5 Å². The summed E-state index contributed by atoms with van der Waals surface area (Å²) in [5.74, 6) is 1.04. The number of nitrogens with zero attached hydrogens (tertiary/aromatic N) is 2. The number of amides is 2. The van der Waals surface area contributed by atoms with E-state index >= 15 is 0 Å². The number of benzene rings is 1. The van der Waals surface area contributed by atoms with E-state index in [1.165, 1.54) is 0 Å². The maximum absolute atomic E-state index is 12.6. The third-order valence-corrected chi connectivity index (χ3v) is 4.31. The second-order valence-electron chi connectivity index (χ2n) is 5.90. The molecule has 1 unspecified atom stereocenters. The first-order chi connectivity index (χ1) is 10.6. The van der Waals surface area contributed by atoms with Crippen LogP contribution in [-0.2, 0) is 9.59 Å². The summed E-state index contributed by atoms with van der Waals surface area (Å²) in [6.07, 6.45) is 1.94. The van der Waals surface area contributed by atoms with Crippen LogP contribution in [0.5, 0.6) is 5.75 Å². The van der Waals surface area contributed by atoms with Gasteiger partial charge in [-0.05, 0) is 38.8 Å². The van der Waals surface area contributed by atoms with Crippen LogP contribution in [0.1, 0.15) is 26.7 Å². The van der Waals surface area contributed by atoms with Crippen molar-refractivity contribution < 1.29 is 14.3 Å². The quantitative estimate of drug-likeness (QED) is 0.855. The van der Waals surface area contributed by atoms with Crippen molar-refractivity contribution in [3.05, 3.63) is 24.3 Å². The highest BCUT2D eigenvalue weighted by atomic mass is 16.5. The van der Waals surface area contributed by atoms with Gasteiger partial charge in [-0.3, -0.25) is 9.59 Å². The molecule has 0 radical (unpaired) electrons. The summed E-state index contributed by atoms with van der Waals surface area (Å²) in [5.41, 5.74) is 0.835. The standard InChI is InChI=1S/C17H22N2O3/c1-3-22-15-6-4-5-14(11-15)19-10-9-18(12(2)16(19)20)17(21)13-7-8-13/h4-6,11-13H,3,7-10H2,1-2H3. The summed E-state index contributed by atoms with van der Waals surface area (Å²) in [6.45, 7) is 5.49. The molecule has 2 fully saturated rings. The predicted molar refractivity (Wildman–Crippen MR) is 83.9 cm³/mol. The fourth-order valence-corrected chi connectivity index (χ4v) is 2.90. The lowest BCUT2D eigenvalue weighted by Crippen LogP contribution is -2.58. The van der Waals surface area contributed by atoms with Gasteiger partial charge in [0.15, 0.2) is 0 Å². The minimum absolute atomic E-state index is 0.0195. The van der Waals surface area contributed by atoms with E-state index in [0.29, 0.717) is 19.7 Å². The summed E-state index contributed by atoms with van der Waals surface area (Å²) in [6, 6.07) is 7.17. The molecule has 1 aliphatic carbocycles. The van der Waals surface area contributed by atoms with E-state index in [-0.39, 0.29) is 17.7 Å². The van der Waals surface area contributed by atoms with Crippen molar-refractivity contribution in [2.24, 2.45) is 5.92 Å². The lowest BCUT2D eigenvalue weighted by molar-refractivity contribution is -0.141. The van der Waals surface area contributed by atoms with Crippen LogP contribution in [0.15, 0.2) is 24.3 Å². The Morgan fingerprint density at radius 3 is 2.77 bits per heavy atom. The van der Waals surface area contributed by atoms with Gasteiger partial charge in [0.05, 0.1) is 6.61 Å². The zero-order valence-electron chi connectivity index (χ0n) is 13.1. The van der Waals surface area contributed by atoms with Crippen molar-refractivity contribution in [1.29, 1.82) is 0 Å². The van der Waals surface area contributed by atoms with E-state index in [4.69, 9.17) is 4.74 Å². The van der Waals surface area contributed by atoms with E-state index in [1.807, 2.05) is 38.1 Å². The van der Waals surface area contributed by atoms with Crippen LogP contribution in [0, 0.1) is 5.92 Å². The molecule has 118 valence electrons. The Morgan fingerprint density at radius 2 is 2.09 bits per heavy atom. The first-order valence-corrected chi connectivity index (χ1v) is 7.96. The van der Waals surface area contributed by atoms with Gasteiger partial charge in [-0.25, -0.2) is 0 Å². The normalized spacial score (nSPS) is 21.9. The van der Waals surface area contributed by atoms with Gasteiger partial charge in [-0.15, -0.1) is 0 Å². The number of ether oxygens (including phenoxy) is 1. The van der Waals surface area contributed by atoms with Crippen LogP contribution < -0.4 is 9.64 Å². The minimum atomic E-state index is -0.391. The van der Waals surface area contributed by atoms with E-state index < -0.39 is 6.04 Å². The van der Waals surface area contributed by atoms with Gasteiger partial charge < -0.3 is 14.5 Å². The Balaban J connectivity index is 1.75. The summed E-state index contributed by atoms with van der Waals surface area (Å²) >= 11 is 0. The van der Waals surface area contributed by atoms with E-state index in [1.54, 1.807) is 9.80 Å². The lowest BCUT2D eigenvalue weighted by Gasteiger charge is -2.39. The molecule has 1 saturated carbocycles. The maximum Gasteiger partial charge on any atom is 0.249 e. The summed E-state index contributed by atoms with van der Waals surface area (Å²) < 4.78 is 5.50. The minimum Gasteiger partial charge on any atom is -0.494 e. The Morgan fingerprint density at radius 1 is 1.32 bits per heavy atom. The average molecular weight is 302 g/mol. The van der Waals surface area contributed by atoms with Gasteiger partial charge in [-0.2, -0.15) is 0 Å². The fourth-order valence-electron chi connectivity index (χ4n) is 2.90. The first-order valence-electron chi connectivity index (χ1n) is 7.96. The van der Waals surface area contributed by atoms with Gasteiger partial charge in [0, 0.05) is 30.8 Å². The van der Waals surface area contributed by atoms with Gasteiger partial charge >= 0.3 is 0 Å². The van der Waals surface area contributed by atoms with Crippen molar-refractivity contribution >= 4 is 17.5 Å². The Labute approximate surface area is 130 Å². The fraction of sp³-hybridized carbons (Fsp3) is 0.529. The predicted octanol–water partition coefficient (Wildman–Crippen LogP) is 2.06. The van der Waals surface area contributed by atoms with Crippen molar-refractivity contribution in [2.75, 3.05) is 24.6 Å². The number of rotatable bonds is 4. The number of hydrogen-bond acceptors (Lipinski definition) is 3.